The fraction of sp³-hybridized carbons (Fsp3) is 0.400. The molecule has 0 unspecified atom stereocenters. The molecule has 38 heavy (non-hydrogen) atoms. The maximum atomic E-state index is 5.13. The van der Waals surface area contributed by atoms with Crippen molar-refractivity contribution in [2.45, 2.75) is 73.1 Å². The Morgan fingerprint density at radius 2 is 1.50 bits per heavy atom. The van der Waals surface area contributed by atoms with E-state index in [9.17, 15) is 0 Å². The number of aromatic nitrogens is 6. The first kappa shape index (κ1) is 25.9. The first-order chi connectivity index (χ1) is 17.9. The van der Waals surface area contributed by atoms with E-state index in [0.29, 0.717) is 5.92 Å². The van der Waals surface area contributed by atoms with Crippen molar-refractivity contribution in [1.82, 2.24) is 34.6 Å². The van der Waals surface area contributed by atoms with Crippen LogP contribution in [0.2, 0.25) is 0 Å². The molecule has 8 nitrogen and oxygen atoms in total. The van der Waals surface area contributed by atoms with E-state index in [2.05, 4.69) is 79.7 Å². The lowest BCUT2D eigenvalue weighted by Crippen LogP contribution is -2.31. The van der Waals surface area contributed by atoms with E-state index in [1.807, 2.05) is 57.3 Å². The minimum Gasteiger partial charge on any atom is -0.230 e. The van der Waals surface area contributed by atoms with Crippen molar-refractivity contribution in [1.29, 1.82) is 0 Å². The van der Waals surface area contributed by atoms with Gasteiger partial charge in [0.1, 0.15) is 0 Å². The van der Waals surface area contributed by atoms with Crippen LogP contribution < -0.4 is 5.12 Å². The maximum Gasteiger partial charge on any atom is 0.369 e. The molecule has 8 heteroatoms. The minimum absolute atomic E-state index is 0.0966. The Hall–Kier alpha value is -3.78. The van der Waals surface area contributed by atoms with E-state index < -0.39 is 0 Å². The zero-order valence-corrected chi connectivity index (χ0v) is 23.7. The second-order valence-corrected chi connectivity index (χ2v) is 12.5. The highest BCUT2D eigenvalue weighted by molar-refractivity contribution is 6.33. The monoisotopic (exact) mass is 510 g/mol. The molecule has 0 fully saturated rings. The van der Waals surface area contributed by atoms with E-state index in [-0.39, 0.29) is 10.8 Å². The Balaban J connectivity index is 1.75. The van der Waals surface area contributed by atoms with Gasteiger partial charge in [-0.05, 0) is 40.7 Å². The summed E-state index contributed by atoms with van der Waals surface area (Å²) in [5.41, 5.74) is 5.70. The van der Waals surface area contributed by atoms with Gasteiger partial charge in [0.25, 0.3) is 0 Å². The molecule has 0 saturated heterocycles. The lowest BCUT2D eigenvalue weighted by Gasteiger charge is -2.15. The third-order valence-electron chi connectivity index (χ3n) is 6.41. The number of hydrazone groups is 1. The minimum atomic E-state index is -0.0966. The maximum absolute atomic E-state index is 5.13. The van der Waals surface area contributed by atoms with Crippen LogP contribution in [0, 0.1) is 5.41 Å². The molecule has 0 bridgehead atoms. The van der Waals surface area contributed by atoms with Crippen molar-refractivity contribution in [2.75, 3.05) is 0 Å². The zero-order valence-electron chi connectivity index (χ0n) is 23.7. The highest BCUT2D eigenvalue weighted by Gasteiger charge is 2.45. The third kappa shape index (κ3) is 5.13. The smallest absolute Gasteiger partial charge is 0.230 e. The van der Waals surface area contributed by atoms with Crippen LogP contribution in [0.15, 0.2) is 72.2 Å². The van der Waals surface area contributed by atoms with Crippen molar-refractivity contribution < 1.29 is 0 Å². The molecule has 1 radical (unpaired) electrons. The summed E-state index contributed by atoms with van der Waals surface area (Å²) in [6, 6.07) is 16.4. The number of nitrogens with zero attached hydrogens (tertiary/aromatic N) is 8. The SMILES string of the molecule is CC(C)c1ccn([N+]2N=C(c3ccccc3)C(n3ccc(CC(C)(C)C)n3)=C2n2ccc(C(C)(C)C)n2)n1. The summed E-state index contributed by atoms with van der Waals surface area (Å²) in [6.07, 6.45) is 6.84. The van der Waals surface area contributed by atoms with Gasteiger partial charge in [-0.1, -0.05) is 85.7 Å². The van der Waals surface area contributed by atoms with Gasteiger partial charge in [-0.2, -0.15) is 14.9 Å². The summed E-state index contributed by atoms with van der Waals surface area (Å²) in [4.78, 5) is 1.79. The topological polar surface area (TPSA) is 71.7 Å². The summed E-state index contributed by atoms with van der Waals surface area (Å²) < 4.78 is 3.84. The van der Waals surface area contributed by atoms with Crippen LogP contribution in [-0.4, -0.2) is 35.2 Å². The van der Waals surface area contributed by atoms with Crippen molar-refractivity contribution in [3.63, 3.8) is 0 Å². The number of benzene rings is 1. The Bertz CT molecular complexity index is 1480. The summed E-state index contributed by atoms with van der Waals surface area (Å²) in [7, 11) is 0. The van der Waals surface area contributed by atoms with E-state index in [4.69, 9.17) is 20.4 Å². The summed E-state index contributed by atoms with van der Waals surface area (Å²) in [6.45, 7) is 17.5. The van der Waals surface area contributed by atoms with Gasteiger partial charge >= 0.3 is 5.82 Å². The number of allylic oxidation sites excluding steroid dienone is 1. The molecule has 0 spiro atoms. The molecule has 0 saturated carbocycles. The second kappa shape index (κ2) is 9.51. The van der Waals surface area contributed by atoms with E-state index in [0.717, 1.165) is 46.3 Å². The Morgan fingerprint density at radius 3 is 2.11 bits per heavy atom. The van der Waals surface area contributed by atoms with E-state index in [1.54, 1.807) is 4.79 Å². The average Bonchev–Trinajstić information content (AvgIpc) is 3.62. The van der Waals surface area contributed by atoms with Crippen LogP contribution >= 0.6 is 0 Å². The van der Waals surface area contributed by atoms with Crippen LogP contribution in [0.4, 0.5) is 0 Å². The first-order valence-electron chi connectivity index (χ1n) is 13.3. The molecular formula is C30H38N8+. The number of hydrogen-bond acceptors (Lipinski definition) is 5. The average molecular weight is 511 g/mol. The van der Waals surface area contributed by atoms with Crippen LogP contribution in [-0.2, 0) is 11.8 Å². The van der Waals surface area contributed by atoms with Gasteiger partial charge in [0, 0.05) is 28.5 Å². The van der Waals surface area contributed by atoms with Crippen molar-refractivity contribution in [3.05, 3.63) is 89.8 Å². The van der Waals surface area contributed by atoms with Gasteiger partial charge in [0.15, 0.2) is 16.5 Å². The summed E-state index contributed by atoms with van der Waals surface area (Å²) in [5.74, 6) is 1.06. The van der Waals surface area contributed by atoms with Crippen LogP contribution in [0.25, 0.3) is 11.5 Å². The normalized spacial score (nSPS) is 15.1. The molecule has 0 atom stereocenters. The molecule has 0 aliphatic carbocycles. The lowest BCUT2D eigenvalue weighted by molar-refractivity contribution is 0.396. The molecular weight excluding hydrogens is 472 g/mol. The quantitative estimate of drug-likeness (QED) is 0.295. The third-order valence-corrected chi connectivity index (χ3v) is 6.41. The standard InChI is InChI=1S/C30H38N8/c1-21(2)24-15-19-37(32-24)38-28(36-18-16-25(33-36)30(6,7)8)27(26(34-38)22-12-10-9-11-13-22)35-17-14-23(31-35)20-29(3,4)5/h9-19,21H,20H2,1-8H3/q+1. The second-order valence-electron chi connectivity index (χ2n) is 12.5. The molecule has 197 valence electrons. The summed E-state index contributed by atoms with van der Waals surface area (Å²) in [5, 5.41) is 21.9. The zero-order chi connectivity index (χ0) is 27.2. The molecule has 1 aliphatic rings. The van der Waals surface area contributed by atoms with Gasteiger partial charge < -0.3 is 0 Å². The highest BCUT2D eigenvalue weighted by atomic mass is 15.8. The van der Waals surface area contributed by atoms with Crippen LogP contribution in [0.5, 0.6) is 0 Å². The predicted molar refractivity (Wildman–Crippen MR) is 153 cm³/mol. The van der Waals surface area contributed by atoms with Gasteiger partial charge in [0.05, 0.1) is 23.3 Å². The first-order valence-corrected chi connectivity index (χ1v) is 13.3. The van der Waals surface area contributed by atoms with E-state index in [1.165, 1.54) is 0 Å². The van der Waals surface area contributed by atoms with E-state index >= 15 is 0 Å². The van der Waals surface area contributed by atoms with Gasteiger partial charge in [-0.3, -0.25) is 0 Å². The van der Waals surface area contributed by atoms with Crippen LogP contribution in [0.1, 0.15) is 84.0 Å². The largest absolute Gasteiger partial charge is 0.369 e. The van der Waals surface area contributed by atoms with Gasteiger partial charge in [0.2, 0.25) is 0 Å². The number of hydrogen-bond donors (Lipinski definition) is 0. The molecule has 4 aromatic rings. The highest BCUT2D eigenvalue weighted by Crippen LogP contribution is 2.32. The van der Waals surface area contributed by atoms with Gasteiger partial charge in [-0.25, -0.2) is 4.68 Å². The summed E-state index contributed by atoms with van der Waals surface area (Å²) >= 11 is 0. The predicted octanol–water partition coefficient (Wildman–Crippen LogP) is 6.09. The molecule has 1 aliphatic heterocycles. The molecule has 4 heterocycles. The van der Waals surface area contributed by atoms with Crippen LogP contribution in [0.3, 0.4) is 0 Å². The van der Waals surface area contributed by atoms with Crippen molar-refractivity contribution in [2.24, 2.45) is 10.5 Å². The molecule has 3 aromatic heterocycles. The lowest BCUT2D eigenvalue weighted by atomic mass is 9.91. The number of rotatable bonds is 6. The van der Waals surface area contributed by atoms with Crippen molar-refractivity contribution >= 4 is 17.2 Å². The van der Waals surface area contributed by atoms with Gasteiger partial charge in [-0.15, -0.1) is 5.10 Å². The molecule has 0 N–H and O–H groups in total. The molecule has 0 amide bonds. The fourth-order valence-corrected chi connectivity index (χ4v) is 4.44. The Kier molecular flexibility index (Phi) is 6.47. The molecule has 5 rings (SSSR count). The Labute approximate surface area is 225 Å². The Morgan fingerprint density at radius 1 is 0.789 bits per heavy atom. The van der Waals surface area contributed by atoms with Crippen molar-refractivity contribution in [3.8, 4) is 0 Å². The fourth-order valence-electron chi connectivity index (χ4n) is 4.44. The molecule has 1 aromatic carbocycles.